The van der Waals surface area contributed by atoms with E-state index in [9.17, 15) is 4.79 Å². The lowest BCUT2D eigenvalue weighted by molar-refractivity contribution is 0.102. The van der Waals surface area contributed by atoms with E-state index < -0.39 is 0 Å². The highest BCUT2D eigenvalue weighted by Gasteiger charge is 2.15. The molecule has 0 atom stereocenters. The largest absolute Gasteiger partial charge is 0.378 e. The van der Waals surface area contributed by atoms with Gasteiger partial charge in [-0.1, -0.05) is 12.1 Å². The molecule has 25 heavy (non-hydrogen) atoms. The molecule has 1 aromatic carbocycles. The minimum atomic E-state index is -0.223. The molecule has 2 aromatic heterocycles. The molecule has 0 unspecified atom stereocenters. The predicted molar refractivity (Wildman–Crippen MR) is 95.9 cm³/mol. The third-order valence-corrected chi connectivity index (χ3v) is 4.36. The number of aryl methyl sites for hydroxylation is 1. The number of rotatable bonds is 3. The lowest BCUT2D eigenvalue weighted by Gasteiger charge is -2.27. The Labute approximate surface area is 145 Å². The number of amides is 1. The van der Waals surface area contributed by atoms with Gasteiger partial charge in [0, 0.05) is 26.3 Å². The molecule has 7 nitrogen and oxygen atoms in total. The minimum Gasteiger partial charge on any atom is -0.378 e. The number of ether oxygens (including phenoxy) is 1. The molecule has 0 radical (unpaired) electrons. The molecular weight excluding hydrogens is 318 g/mol. The number of imidazole rings is 1. The van der Waals surface area contributed by atoms with E-state index in [4.69, 9.17) is 4.74 Å². The van der Waals surface area contributed by atoms with Crippen LogP contribution in [0.3, 0.4) is 0 Å². The van der Waals surface area contributed by atoms with Crippen molar-refractivity contribution in [2.75, 3.05) is 36.5 Å². The summed E-state index contributed by atoms with van der Waals surface area (Å²) in [5, 5.41) is 2.85. The monoisotopic (exact) mass is 337 g/mol. The Kier molecular flexibility index (Phi) is 4.07. The summed E-state index contributed by atoms with van der Waals surface area (Å²) in [7, 11) is 1.88. The van der Waals surface area contributed by atoms with Gasteiger partial charge in [-0.3, -0.25) is 10.1 Å². The zero-order valence-electron chi connectivity index (χ0n) is 14.0. The van der Waals surface area contributed by atoms with Gasteiger partial charge < -0.3 is 14.2 Å². The highest BCUT2D eigenvalue weighted by Crippen LogP contribution is 2.19. The number of fused-ring (bicyclic) bond motifs is 1. The van der Waals surface area contributed by atoms with E-state index in [1.807, 2.05) is 41.9 Å². The molecule has 7 heteroatoms. The molecule has 1 N–H and O–H groups in total. The number of nitrogens with zero attached hydrogens (tertiary/aromatic N) is 4. The van der Waals surface area contributed by atoms with Gasteiger partial charge in [0.25, 0.3) is 5.91 Å². The Morgan fingerprint density at radius 3 is 2.68 bits per heavy atom. The maximum absolute atomic E-state index is 12.5. The first-order valence-corrected chi connectivity index (χ1v) is 8.24. The van der Waals surface area contributed by atoms with E-state index in [0.29, 0.717) is 24.7 Å². The van der Waals surface area contributed by atoms with Crippen molar-refractivity contribution in [1.82, 2.24) is 14.5 Å². The number of nitrogens with one attached hydrogen (secondary N) is 1. The van der Waals surface area contributed by atoms with E-state index in [1.165, 1.54) is 0 Å². The van der Waals surface area contributed by atoms with Gasteiger partial charge in [0.1, 0.15) is 5.82 Å². The van der Waals surface area contributed by atoms with E-state index in [2.05, 4.69) is 20.2 Å². The number of carbonyl (C=O) groups is 1. The summed E-state index contributed by atoms with van der Waals surface area (Å²) in [6.45, 7) is 3.05. The highest BCUT2D eigenvalue weighted by atomic mass is 16.5. The number of aromatic nitrogens is 3. The standard InChI is InChI=1S/C18H19N5O2/c1-22-15-5-3-2-4-14(15)20-18(22)21-17(24)13-6-7-16(19-12-13)23-8-10-25-11-9-23/h2-7,12H,8-11H2,1H3,(H,20,21,24). The quantitative estimate of drug-likeness (QED) is 0.792. The average molecular weight is 337 g/mol. The number of pyridine rings is 1. The normalized spacial score (nSPS) is 14.7. The second-order valence-electron chi connectivity index (χ2n) is 5.94. The van der Waals surface area contributed by atoms with Crippen molar-refractivity contribution >= 4 is 28.7 Å². The van der Waals surface area contributed by atoms with Crippen molar-refractivity contribution in [2.24, 2.45) is 7.05 Å². The van der Waals surface area contributed by atoms with E-state index in [0.717, 1.165) is 29.9 Å². The van der Waals surface area contributed by atoms with Crippen LogP contribution in [-0.2, 0) is 11.8 Å². The number of anilines is 2. The van der Waals surface area contributed by atoms with Crippen LogP contribution in [-0.4, -0.2) is 46.7 Å². The molecule has 1 saturated heterocycles. The Morgan fingerprint density at radius 1 is 1.16 bits per heavy atom. The molecule has 0 aliphatic carbocycles. The summed E-state index contributed by atoms with van der Waals surface area (Å²) >= 11 is 0. The lowest BCUT2D eigenvalue weighted by atomic mass is 10.2. The smallest absolute Gasteiger partial charge is 0.259 e. The molecule has 1 fully saturated rings. The Balaban J connectivity index is 1.51. The SMILES string of the molecule is Cn1c(NC(=O)c2ccc(N3CCOCC3)nc2)nc2ccccc21. The Bertz CT molecular complexity index is 897. The van der Waals surface area contributed by atoms with Crippen molar-refractivity contribution < 1.29 is 9.53 Å². The van der Waals surface area contributed by atoms with Crippen molar-refractivity contribution in [3.63, 3.8) is 0 Å². The fourth-order valence-electron chi connectivity index (χ4n) is 2.93. The number of para-hydroxylation sites is 2. The number of hydrogen-bond acceptors (Lipinski definition) is 5. The minimum absolute atomic E-state index is 0.223. The Hall–Kier alpha value is -2.93. The summed E-state index contributed by atoms with van der Waals surface area (Å²) in [5.74, 6) is 1.16. The molecule has 1 amide bonds. The Morgan fingerprint density at radius 2 is 1.96 bits per heavy atom. The van der Waals surface area contributed by atoms with Gasteiger partial charge >= 0.3 is 0 Å². The van der Waals surface area contributed by atoms with Crippen LogP contribution in [0.2, 0.25) is 0 Å². The van der Waals surface area contributed by atoms with Gasteiger partial charge in [0.15, 0.2) is 0 Å². The summed E-state index contributed by atoms with van der Waals surface area (Å²) in [5.41, 5.74) is 2.32. The van der Waals surface area contributed by atoms with Crippen LogP contribution in [0, 0.1) is 0 Å². The van der Waals surface area contributed by atoms with Crippen LogP contribution >= 0.6 is 0 Å². The summed E-state index contributed by atoms with van der Waals surface area (Å²) in [6, 6.07) is 11.4. The first-order valence-electron chi connectivity index (χ1n) is 8.24. The van der Waals surface area contributed by atoms with Crippen LogP contribution in [0.5, 0.6) is 0 Å². The van der Waals surface area contributed by atoms with Gasteiger partial charge in [-0.05, 0) is 24.3 Å². The van der Waals surface area contributed by atoms with Crippen molar-refractivity contribution in [2.45, 2.75) is 0 Å². The molecule has 3 heterocycles. The van der Waals surface area contributed by atoms with E-state index in [1.54, 1.807) is 12.3 Å². The number of benzene rings is 1. The topological polar surface area (TPSA) is 72.3 Å². The third kappa shape index (κ3) is 3.06. The van der Waals surface area contributed by atoms with Crippen LogP contribution in [0.15, 0.2) is 42.6 Å². The van der Waals surface area contributed by atoms with Crippen molar-refractivity contribution in [3.05, 3.63) is 48.2 Å². The molecule has 0 bridgehead atoms. The van der Waals surface area contributed by atoms with E-state index in [-0.39, 0.29) is 5.91 Å². The first kappa shape index (κ1) is 15.6. The summed E-state index contributed by atoms with van der Waals surface area (Å²) in [6.07, 6.45) is 1.60. The predicted octanol–water partition coefficient (Wildman–Crippen LogP) is 2.06. The molecule has 1 aliphatic heterocycles. The third-order valence-electron chi connectivity index (χ3n) is 4.36. The second kappa shape index (κ2) is 6.52. The van der Waals surface area contributed by atoms with Crippen LogP contribution in [0.1, 0.15) is 10.4 Å². The lowest BCUT2D eigenvalue weighted by Crippen LogP contribution is -2.36. The summed E-state index contributed by atoms with van der Waals surface area (Å²) < 4.78 is 7.21. The highest BCUT2D eigenvalue weighted by molar-refractivity contribution is 6.04. The van der Waals surface area contributed by atoms with Crippen LogP contribution < -0.4 is 10.2 Å². The molecule has 0 spiro atoms. The van der Waals surface area contributed by atoms with Gasteiger partial charge in [0.05, 0.1) is 29.8 Å². The van der Waals surface area contributed by atoms with Gasteiger partial charge in [-0.25, -0.2) is 9.97 Å². The van der Waals surface area contributed by atoms with Gasteiger partial charge in [0.2, 0.25) is 5.95 Å². The maximum Gasteiger partial charge on any atom is 0.259 e. The molecular formula is C18H19N5O2. The summed E-state index contributed by atoms with van der Waals surface area (Å²) in [4.78, 5) is 23.5. The average Bonchev–Trinajstić information content (AvgIpc) is 2.98. The molecule has 0 saturated carbocycles. The van der Waals surface area contributed by atoms with Gasteiger partial charge in [-0.15, -0.1) is 0 Å². The zero-order chi connectivity index (χ0) is 17.2. The molecule has 4 rings (SSSR count). The first-order chi connectivity index (χ1) is 12.2. The number of hydrogen-bond donors (Lipinski definition) is 1. The van der Waals surface area contributed by atoms with Crippen LogP contribution in [0.4, 0.5) is 11.8 Å². The molecule has 1 aliphatic rings. The molecule has 128 valence electrons. The van der Waals surface area contributed by atoms with Crippen molar-refractivity contribution in [3.8, 4) is 0 Å². The fourth-order valence-corrected chi connectivity index (χ4v) is 2.93. The maximum atomic E-state index is 12.5. The number of morpholine rings is 1. The second-order valence-corrected chi connectivity index (χ2v) is 5.94. The molecule has 3 aromatic rings. The fraction of sp³-hybridized carbons (Fsp3) is 0.278. The zero-order valence-corrected chi connectivity index (χ0v) is 14.0. The van der Waals surface area contributed by atoms with Crippen LogP contribution in [0.25, 0.3) is 11.0 Å². The number of carbonyl (C=O) groups excluding carboxylic acids is 1. The van der Waals surface area contributed by atoms with Crippen molar-refractivity contribution in [1.29, 1.82) is 0 Å². The van der Waals surface area contributed by atoms with Gasteiger partial charge in [-0.2, -0.15) is 0 Å². The van der Waals surface area contributed by atoms with E-state index >= 15 is 0 Å².